The lowest BCUT2D eigenvalue weighted by Gasteiger charge is -2.28. The number of nitrogens with one attached hydrogen (secondary N) is 2. The van der Waals surface area contributed by atoms with E-state index in [1.54, 1.807) is 18.0 Å². The Labute approximate surface area is 145 Å². The monoisotopic (exact) mass is 350 g/mol. The van der Waals surface area contributed by atoms with E-state index in [0.717, 1.165) is 42.7 Å². The van der Waals surface area contributed by atoms with Crippen LogP contribution in [0.1, 0.15) is 30.3 Å². The van der Waals surface area contributed by atoms with Gasteiger partial charge in [-0.25, -0.2) is 0 Å². The lowest BCUT2D eigenvalue weighted by atomic mass is 9.97. The van der Waals surface area contributed by atoms with Gasteiger partial charge in [0.25, 0.3) is 5.91 Å². The molecule has 1 aliphatic rings. The maximum Gasteiger partial charge on any atom is 0.275 e. The first kappa shape index (κ1) is 17.0. The number of quaternary nitrogens is 1. The van der Waals surface area contributed by atoms with Crippen molar-refractivity contribution in [2.24, 2.45) is 7.05 Å². The molecule has 2 atom stereocenters. The lowest BCUT2D eigenvalue weighted by Crippen LogP contribution is -3.14. The summed E-state index contributed by atoms with van der Waals surface area (Å²) in [4.78, 5) is 13.5. The number of thioether (sulfide) groups is 1. The van der Waals surface area contributed by atoms with Crippen LogP contribution in [0.2, 0.25) is 0 Å². The number of likely N-dealkylation sites (tertiary alicyclic amines) is 1. The maximum absolute atomic E-state index is 12.2. The minimum atomic E-state index is 0.0600. The third-order valence-electron chi connectivity index (χ3n) is 4.48. The predicted molar refractivity (Wildman–Crippen MR) is 90.9 cm³/mol. The van der Waals surface area contributed by atoms with Crippen molar-refractivity contribution in [3.63, 3.8) is 0 Å². The molecular formula is C16H24N5O2S+. The van der Waals surface area contributed by atoms with Crippen molar-refractivity contribution in [3.8, 4) is 0 Å². The summed E-state index contributed by atoms with van der Waals surface area (Å²) in [5.41, 5.74) is 0. The van der Waals surface area contributed by atoms with E-state index in [0.29, 0.717) is 19.0 Å². The molecule has 7 nitrogen and oxygen atoms in total. The molecule has 1 fully saturated rings. The molecule has 1 unspecified atom stereocenters. The van der Waals surface area contributed by atoms with Crippen molar-refractivity contribution in [1.82, 2.24) is 20.1 Å². The van der Waals surface area contributed by atoms with Crippen LogP contribution in [0.4, 0.5) is 0 Å². The first-order valence-electron chi connectivity index (χ1n) is 8.23. The van der Waals surface area contributed by atoms with Gasteiger partial charge in [0, 0.05) is 7.05 Å². The van der Waals surface area contributed by atoms with Gasteiger partial charge in [-0.05, 0) is 31.2 Å². The Balaban J connectivity index is 1.53. The Morgan fingerprint density at radius 1 is 1.54 bits per heavy atom. The molecule has 1 saturated heterocycles. The number of aromatic nitrogens is 3. The third kappa shape index (κ3) is 3.99. The van der Waals surface area contributed by atoms with E-state index in [-0.39, 0.29) is 5.91 Å². The average Bonchev–Trinajstić information content (AvgIpc) is 3.22. The number of rotatable bonds is 6. The van der Waals surface area contributed by atoms with E-state index < -0.39 is 0 Å². The molecule has 0 aliphatic carbocycles. The number of furan rings is 1. The molecule has 2 aromatic heterocycles. The number of nitrogens with zero attached hydrogens (tertiary/aromatic N) is 3. The van der Waals surface area contributed by atoms with E-state index in [2.05, 4.69) is 20.1 Å². The van der Waals surface area contributed by atoms with Crippen molar-refractivity contribution in [2.75, 3.05) is 25.9 Å². The van der Waals surface area contributed by atoms with Crippen molar-refractivity contribution >= 4 is 17.7 Å². The van der Waals surface area contributed by atoms with Gasteiger partial charge < -0.3 is 19.2 Å². The molecule has 0 bridgehead atoms. The molecule has 2 N–H and O–H groups in total. The van der Waals surface area contributed by atoms with Gasteiger partial charge in [0.15, 0.2) is 11.7 Å². The van der Waals surface area contributed by atoms with Crippen LogP contribution < -0.4 is 10.2 Å². The van der Waals surface area contributed by atoms with Crippen molar-refractivity contribution in [2.45, 2.75) is 30.5 Å². The van der Waals surface area contributed by atoms with Crippen molar-refractivity contribution < 1.29 is 14.1 Å². The van der Waals surface area contributed by atoms with Crippen LogP contribution in [0.15, 0.2) is 28.0 Å². The van der Waals surface area contributed by atoms with Crippen LogP contribution in [0, 0.1) is 0 Å². The molecule has 2 aromatic rings. The zero-order valence-corrected chi connectivity index (χ0v) is 14.9. The Morgan fingerprint density at radius 2 is 2.42 bits per heavy atom. The highest BCUT2D eigenvalue weighted by Crippen LogP contribution is 2.22. The predicted octanol–water partition coefficient (Wildman–Crippen LogP) is 0.209. The number of carbonyl (C=O) groups excluding carboxylic acids is 1. The minimum absolute atomic E-state index is 0.0600. The highest BCUT2D eigenvalue weighted by Gasteiger charge is 2.29. The average molecular weight is 350 g/mol. The van der Waals surface area contributed by atoms with E-state index >= 15 is 0 Å². The van der Waals surface area contributed by atoms with Crippen LogP contribution >= 0.6 is 11.8 Å². The number of amides is 1. The van der Waals surface area contributed by atoms with Gasteiger partial charge in [0.1, 0.15) is 11.6 Å². The topological polar surface area (TPSA) is 77.4 Å². The SMILES string of the molecule is CSc1nnc([C@H]2CCC[NH+](CC(=O)NCc3ccco3)C2)n1C. The second-order valence-electron chi connectivity index (χ2n) is 6.18. The summed E-state index contributed by atoms with van der Waals surface area (Å²) in [7, 11) is 2.02. The summed E-state index contributed by atoms with van der Waals surface area (Å²) in [6.07, 6.45) is 5.84. The molecule has 1 aliphatic heterocycles. The van der Waals surface area contributed by atoms with Crippen LogP contribution in [-0.4, -0.2) is 46.6 Å². The standard InChI is InChI=1S/C16H23N5O2S/c1-20-15(18-19-16(20)24-2)12-5-3-7-21(10-12)11-14(22)17-9-13-6-4-8-23-13/h4,6,8,12H,3,5,7,9-11H2,1-2H3,(H,17,22)/p+1/t12-/m0/s1. The van der Waals surface area contributed by atoms with E-state index in [9.17, 15) is 4.79 Å². The molecule has 8 heteroatoms. The molecular weight excluding hydrogens is 326 g/mol. The normalized spacial score (nSPS) is 20.9. The fraction of sp³-hybridized carbons (Fsp3) is 0.562. The smallest absolute Gasteiger partial charge is 0.275 e. The quantitative estimate of drug-likeness (QED) is 0.728. The molecule has 0 radical (unpaired) electrons. The first-order valence-corrected chi connectivity index (χ1v) is 9.45. The van der Waals surface area contributed by atoms with Crippen molar-refractivity contribution in [1.29, 1.82) is 0 Å². The number of carbonyl (C=O) groups is 1. The molecule has 0 saturated carbocycles. The summed E-state index contributed by atoms with van der Waals surface area (Å²) >= 11 is 1.61. The Bertz CT molecular complexity index is 670. The summed E-state index contributed by atoms with van der Waals surface area (Å²) in [6, 6.07) is 3.69. The second-order valence-corrected chi connectivity index (χ2v) is 6.95. The summed E-state index contributed by atoms with van der Waals surface area (Å²) in [6.45, 7) is 2.89. The van der Waals surface area contributed by atoms with Crippen LogP contribution in [0.3, 0.4) is 0 Å². The fourth-order valence-corrected chi connectivity index (χ4v) is 3.77. The largest absolute Gasteiger partial charge is 0.467 e. The zero-order valence-electron chi connectivity index (χ0n) is 14.1. The molecule has 0 aromatic carbocycles. The maximum atomic E-state index is 12.2. The summed E-state index contributed by atoms with van der Waals surface area (Å²) < 4.78 is 7.31. The van der Waals surface area contributed by atoms with E-state index in [4.69, 9.17) is 4.42 Å². The van der Waals surface area contributed by atoms with Gasteiger partial charge in [-0.2, -0.15) is 0 Å². The van der Waals surface area contributed by atoms with Gasteiger partial charge in [-0.3, -0.25) is 4.79 Å². The van der Waals surface area contributed by atoms with Gasteiger partial charge >= 0.3 is 0 Å². The van der Waals surface area contributed by atoms with E-state index in [1.807, 2.05) is 25.4 Å². The lowest BCUT2D eigenvalue weighted by molar-refractivity contribution is -0.898. The zero-order chi connectivity index (χ0) is 16.9. The number of hydrogen-bond acceptors (Lipinski definition) is 5. The number of piperidine rings is 1. The van der Waals surface area contributed by atoms with Crippen molar-refractivity contribution in [3.05, 3.63) is 30.0 Å². The van der Waals surface area contributed by atoms with Gasteiger partial charge in [0.05, 0.1) is 31.8 Å². The first-order chi connectivity index (χ1) is 11.7. The highest BCUT2D eigenvalue weighted by molar-refractivity contribution is 7.98. The molecule has 24 heavy (non-hydrogen) atoms. The summed E-state index contributed by atoms with van der Waals surface area (Å²) in [5.74, 6) is 2.24. The van der Waals surface area contributed by atoms with Gasteiger partial charge in [0.2, 0.25) is 0 Å². The third-order valence-corrected chi connectivity index (χ3v) is 5.21. The minimum Gasteiger partial charge on any atom is -0.467 e. The highest BCUT2D eigenvalue weighted by atomic mass is 32.2. The van der Waals surface area contributed by atoms with E-state index in [1.165, 1.54) is 4.90 Å². The molecule has 3 rings (SSSR count). The fourth-order valence-electron chi connectivity index (χ4n) is 3.28. The van der Waals surface area contributed by atoms with Crippen LogP contribution in [0.25, 0.3) is 0 Å². The summed E-state index contributed by atoms with van der Waals surface area (Å²) in [5, 5.41) is 12.4. The Hall–Kier alpha value is -1.80. The van der Waals surface area contributed by atoms with Gasteiger partial charge in [-0.1, -0.05) is 11.8 Å². The molecule has 130 valence electrons. The molecule has 0 spiro atoms. The Morgan fingerprint density at radius 3 is 3.12 bits per heavy atom. The second kappa shape index (κ2) is 7.85. The van der Waals surface area contributed by atoms with Crippen LogP contribution in [-0.2, 0) is 18.4 Å². The molecule has 3 heterocycles. The van der Waals surface area contributed by atoms with Gasteiger partial charge in [-0.15, -0.1) is 10.2 Å². The number of hydrogen-bond donors (Lipinski definition) is 2. The Kier molecular flexibility index (Phi) is 5.57. The molecule has 1 amide bonds. The van der Waals surface area contributed by atoms with Crippen LogP contribution in [0.5, 0.6) is 0 Å².